The minimum Gasteiger partial charge on any atom is -0.465 e. The van der Waals surface area contributed by atoms with Gasteiger partial charge in [-0.2, -0.15) is 0 Å². The molecule has 0 saturated carbocycles. The Balaban J connectivity index is 1.43. The van der Waals surface area contributed by atoms with Gasteiger partial charge < -0.3 is 14.8 Å². The van der Waals surface area contributed by atoms with Crippen molar-refractivity contribution in [3.05, 3.63) is 106 Å². The molecule has 0 bridgehead atoms. The zero-order valence-electron chi connectivity index (χ0n) is 18.0. The number of halogens is 1. The van der Waals surface area contributed by atoms with Gasteiger partial charge in [-0.1, -0.05) is 48.0 Å². The molecule has 0 aromatic heterocycles. The number of rotatable bonds is 4. The molecule has 1 N–H and O–H groups in total. The summed E-state index contributed by atoms with van der Waals surface area (Å²) in [5.74, 6) is -0.374. The van der Waals surface area contributed by atoms with Crippen LogP contribution in [0.1, 0.15) is 50.2 Å². The van der Waals surface area contributed by atoms with Crippen molar-refractivity contribution in [1.29, 1.82) is 0 Å². The summed E-state index contributed by atoms with van der Waals surface area (Å²) < 4.78 is 10.4. The molecule has 0 spiro atoms. The first-order valence-corrected chi connectivity index (χ1v) is 11.1. The van der Waals surface area contributed by atoms with Crippen LogP contribution in [-0.4, -0.2) is 19.0 Å². The molecular weight excluding hydrogens is 438 g/mol. The number of para-hydroxylation sites is 1. The predicted molar refractivity (Wildman–Crippen MR) is 127 cm³/mol. The maximum absolute atomic E-state index is 12.9. The van der Waals surface area contributed by atoms with E-state index in [1.807, 2.05) is 24.3 Å². The predicted octanol–water partition coefficient (Wildman–Crippen LogP) is 6.17. The summed E-state index contributed by atoms with van der Waals surface area (Å²) in [5.41, 5.74) is 3.88. The second kappa shape index (κ2) is 8.75. The Labute approximate surface area is 197 Å². The highest BCUT2D eigenvalue weighted by atomic mass is 35.5. The van der Waals surface area contributed by atoms with Crippen LogP contribution in [0.4, 0.5) is 5.69 Å². The van der Waals surface area contributed by atoms with Crippen molar-refractivity contribution < 1.29 is 19.1 Å². The minimum absolute atomic E-state index is 0.152. The molecule has 166 valence electrons. The number of carbonyl (C=O) groups is 2. The van der Waals surface area contributed by atoms with Crippen LogP contribution in [0.2, 0.25) is 5.02 Å². The summed E-state index contributed by atoms with van der Waals surface area (Å²) in [6, 6.07) is 20.2. The number of methoxy groups -OCH3 is 1. The van der Waals surface area contributed by atoms with Crippen molar-refractivity contribution >= 4 is 29.2 Å². The number of carbonyl (C=O) groups excluding carboxylic acids is 2. The number of hydrogen-bond acceptors (Lipinski definition) is 5. The number of esters is 2. The highest BCUT2D eigenvalue weighted by Crippen LogP contribution is 2.50. The third kappa shape index (κ3) is 4.00. The molecule has 3 aromatic rings. The van der Waals surface area contributed by atoms with Gasteiger partial charge in [0.25, 0.3) is 0 Å². The largest absolute Gasteiger partial charge is 0.465 e. The highest BCUT2D eigenvalue weighted by Gasteiger charge is 2.38. The van der Waals surface area contributed by atoms with Crippen LogP contribution in [0.15, 0.2) is 78.9 Å². The first-order valence-electron chi connectivity index (χ1n) is 10.8. The Kier molecular flexibility index (Phi) is 5.65. The SMILES string of the molecule is COC(=O)c1ccccc1OC(=O)c1ccc2c(c1)[C@H]1C=CC[C@H]1[C@H](c1ccc(Cl)cc1)N2. The molecular formula is C27H22ClNO4. The van der Waals surface area contributed by atoms with E-state index in [1.54, 1.807) is 30.3 Å². The van der Waals surface area contributed by atoms with E-state index in [9.17, 15) is 9.59 Å². The Morgan fingerprint density at radius 1 is 1.00 bits per heavy atom. The maximum Gasteiger partial charge on any atom is 0.343 e. The second-order valence-corrected chi connectivity index (χ2v) is 8.64. The van der Waals surface area contributed by atoms with Crippen LogP contribution in [0.3, 0.4) is 0 Å². The van der Waals surface area contributed by atoms with Crippen LogP contribution in [0.25, 0.3) is 0 Å². The number of anilines is 1. The van der Waals surface area contributed by atoms with Crippen LogP contribution >= 0.6 is 11.6 Å². The third-order valence-electron chi connectivity index (χ3n) is 6.32. The van der Waals surface area contributed by atoms with E-state index >= 15 is 0 Å². The third-order valence-corrected chi connectivity index (χ3v) is 6.57. The molecule has 33 heavy (non-hydrogen) atoms. The Morgan fingerprint density at radius 3 is 2.58 bits per heavy atom. The van der Waals surface area contributed by atoms with E-state index in [-0.39, 0.29) is 23.3 Å². The first-order chi connectivity index (χ1) is 16.0. The number of hydrogen-bond donors (Lipinski definition) is 1. The van der Waals surface area contributed by atoms with Gasteiger partial charge in [0.05, 0.1) is 18.7 Å². The normalized spacial score (nSPS) is 20.4. The summed E-state index contributed by atoms with van der Waals surface area (Å²) in [5, 5.41) is 4.37. The van der Waals surface area contributed by atoms with Crippen molar-refractivity contribution in [2.75, 3.05) is 12.4 Å². The molecule has 1 aliphatic heterocycles. The van der Waals surface area contributed by atoms with Gasteiger partial charge in [0.15, 0.2) is 0 Å². The highest BCUT2D eigenvalue weighted by molar-refractivity contribution is 6.30. The fourth-order valence-corrected chi connectivity index (χ4v) is 4.84. The lowest BCUT2D eigenvalue weighted by atomic mass is 9.76. The van der Waals surface area contributed by atoms with Crippen LogP contribution in [-0.2, 0) is 4.74 Å². The molecule has 5 nitrogen and oxygen atoms in total. The lowest BCUT2D eigenvalue weighted by Crippen LogP contribution is -2.29. The Bertz CT molecular complexity index is 1250. The topological polar surface area (TPSA) is 64.6 Å². The lowest BCUT2D eigenvalue weighted by molar-refractivity contribution is 0.0593. The van der Waals surface area contributed by atoms with E-state index in [4.69, 9.17) is 21.1 Å². The van der Waals surface area contributed by atoms with E-state index in [1.165, 1.54) is 12.7 Å². The van der Waals surface area contributed by atoms with Gasteiger partial charge >= 0.3 is 11.9 Å². The average Bonchev–Trinajstić information content (AvgIpc) is 3.34. The van der Waals surface area contributed by atoms with Crippen molar-refractivity contribution in [2.45, 2.75) is 18.4 Å². The number of ether oxygens (including phenoxy) is 2. The summed E-state index contributed by atoms with van der Waals surface area (Å²) in [7, 11) is 1.29. The number of benzene rings is 3. The summed E-state index contributed by atoms with van der Waals surface area (Å²) in [6.07, 6.45) is 5.37. The number of allylic oxidation sites excluding steroid dienone is 2. The Morgan fingerprint density at radius 2 is 1.79 bits per heavy atom. The number of nitrogens with one attached hydrogen (secondary N) is 1. The molecule has 1 aliphatic carbocycles. The van der Waals surface area contributed by atoms with Gasteiger partial charge in [0, 0.05) is 16.6 Å². The maximum atomic E-state index is 12.9. The van der Waals surface area contributed by atoms with Crippen molar-refractivity contribution in [3.63, 3.8) is 0 Å². The molecule has 0 amide bonds. The molecule has 3 atom stereocenters. The minimum atomic E-state index is -0.555. The van der Waals surface area contributed by atoms with Crippen molar-refractivity contribution in [3.8, 4) is 5.75 Å². The van der Waals surface area contributed by atoms with E-state index in [2.05, 4.69) is 29.6 Å². The molecule has 0 saturated heterocycles. The smallest absolute Gasteiger partial charge is 0.343 e. The first kappa shape index (κ1) is 21.3. The molecule has 3 aromatic carbocycles. The monoisotopic (exact) mass is 459 g/mol. The van der Waals surface area contributed by atoms with Gasteiger partial charge in [-0.25, -0.2) is 9.59 Å². The zero-order valence-corrected chi connectivity index (χ0v) is 18.7. The van der Waals surface area contributed by atoms with E-state index < -0.39 is 11.9 Å². The average molecular weight is 460 g/mol. The van der Waals surface area contributed by atoms with Crippen LogP contribution < -0.4 is 10.1 Å². The van der Waals surface area contributed by atoms with Crippen LogP contribution in [0.5, 0.6) is 5.75 Å². The second-order valence-electron chi connectivity index (χ2n) is 8.21. The molecule has 0 fully saturated rings. The molecule has 6 heteroatoms. The zero-order chi connectivity index (χ0) is 22.9. The lowest BCUT2D eigenvalue weighted by Gasteiger charge is -2.37. The summed E-state index contributed by atoms with van der Waals surface area (Å²) in [6.45, 7) is 0. The molecule has 0 radical (unpaired) electrons. The fraction of sp³-hybridized carbons (Fsp3) is 0.185. The molecule has 1 heterocycles. The van der Waals surface area contributed by atoms with Gasteiger partial charge in [-0.05, 0) is 65.9 Å². The van der Waals surface area contributed by atoms with E-state index in [0.29, 0.717) is 16.5 Å². The Hall–Kier alpha value is -3.57. The van der Waals surface area contributed by atoms with Gasteiger partial charge in [0.1, 0.15) is 11.3 Å². The standard InChI is InChI=1S/C27H22ClNO4/c1-32-27(31)21-5-2-3-8-24(21)33-26(30)17-11-14-23-22(15-17)19-6-4-7-20(19)25(29-23)16-9-12-18(28)13-10-16/h2-6,8-15,19-20,25,29H,7H2,1H3/t19-,20+,25-/m0/s1. The fourth-order valence-electron chi connectivity index (χ4n) is 4.71. The molecule has 5 rings (SSSR count). The summed E-state index contributed by atoms with van der Waals surface area (Å²) >= 11 is 6.08. The number of fused-ring (bicyclic) bond motifs is 3. The summed E-state index contributed by atoms with van der Waals surface area (Å²) in [4.78, 5) is 24.9. The molecule has 2 aliphatic rings. The van der Waals surface area contributed by atoms with E-state index in [0.717, 1.165) is 17.7 Å². The quantitative estimate of drug-likeness (QED) is 0.287. The van der Waals surface area contributed by atoms with Gasteiger partial charge in [-0.3, -0.25) is 0 Å². The van der Waals surface area contributed by atoms with Gasteiger partial charge in [0.2, 0.25) is 0 Å². The molecule has 0 unspecified atom stereocenters. The van der Waals surface area contributed by atoms with Crippen molar-refractivity contribution in [2.24, 2.45) is 5.92 Å². The van der Waals surface area contributed by atoms with Crippen molar-refractivity contribution in [1.82, 2.24) is 0 Å². The van der Waals surface area contributed by atoms with Gasteiger partial charge in [-0.15, -0.1) is 0 Å². The van der Waals surface area contributed by atoms with Crippen LogP contribution in [0, 0.1) is 5.92 Å².